The van der Waals surface area contributed by atoms with E-state index in [-0.39, 0.29) is 43.6 Å². The van der Waals surface area contributed by atoms with Crippen molar-refractivity contribution in [3.8, 4) is 16.9 Å². The second-order valence-electron chi connectivity index (χ2n) is 7.95. The number of nitrogens with zero attached hydrogens (tertiary/aromatic N) is 1. The molecule has 0 spiro atoms. The normalized spacial score (nSPS) is 11.0. The number of fused-ring (bicyclic) bond motifs is 1. The van der Waals surface area contributed by atoms with E-state index in [0.29, 0.717) is 33.6 Å². The standard InChI is InChI=1S/C27H25FN2O5/c1-3-33-25(32)13-19-5-4-18(16(2)31)12-24(19)35-15-17-10-20-7-9-34-27(20)22(11-17)21-6-8-30-23(14-29)26(21)28/h4-12H,3,13-15,29H2,1-2H3. The maximum Gasteiger partial charge on any atom is 0.310 e. The molecular formula is C27H25FN2O5. The van der Waals surface area contributed by atoms with Gasteiger partial charge in [0.2, 0.25) is 0 Å². The Hall–Kier alpha value is -4.04. The number of hydrogen-bond acceptors (Lipinski definition) is 7. The summed E-state index contributed by atoms with van der Waals surface area (Å²) < 4.78 is 31.8. The number of rotatable bonds is 9. The third kappa shape index (κ3) is 5.22. The molecule has 2 N–H and O–H groups in total. The highest BCUT2D eigenvalue weighted by Gasteiger charge is 2.17. The zero-order valence-corrected chi connectivity index (χ0v) is 19.5. The van der Waals surface area contributed by atoms with Crippen molar-refractivity contribution in [2.24, 2.45) is 5.73 Å². The first-order valence-electron chi connectivity index (χ1n) is 11.2. The van der Waals surface area contributed by atoms with Crippen LogP contribution in [-0.4, -0.2) is 23.3 Å². The summed E-state index contributed by atoms with van der Waals surface area (Å²) in [5, 5.41) is 0.774. The molecule has 7 nitrogen and oxygen atoms in total. The van der Waals surface area contributed by atoms with Crippen molar-refractivity contribution in [2.45, 2.75) is 33.4 Å². The van der Waals surface area contributed by atoms with E-state index in [1.807, 2.05) is 6.07 Å². The number of ether oxygens (including phenoxy) is 2. The Bertz CT molecular complexity index is 1400. The van der Waals surface area contributed by atoms with Gasteiger partial charge >= 0.3 is 5.97 Å². The second kappa shape index (κ2) is 10.5. The van der Waals surface area contributed by atoms with Gasteiger partial charge in [-0.3, -0.25) is 14.6 Å². The van der Waals surface area contributed by atoms with Gasteiger partial charge in [0.1, 0.15) is 17.9 Å². The molecule has 4 aromatic rings. The van der Waals surface area contributed by atoms with Crippen LogP contribution in [0.15, 0.2) is 59.3 Å². The molecule has 0 aliphatic rings. The van der Waals surface area contributed by atoms with Crippen LogP contribution in [0.4, 0.5) is 4.39 Å². The Morgan fingerprint density at radius 3 is 2.69 bits per heavy atom. The van der Waals surface area contributed by atoms with Gasteiger partial charge in [0.25, 0.3) is 0 Å². The van der Waals surface area contributed by atoms with Crippen molar-refractivity contribution in [2.75, 3.05) is 6.61 Å². The summed E-state index contributed by atoms with van der Waals surface area (Å²) in [5.41, 5.74) is 9.00. The quantitative estimate of drug-likeness (QED) is 0.268. The topological polar surface area (TPSA) is 105 Å². The average Bonchev–Trinajstić information content (AvgIpc) is 3.32. The van der Waals surface area contributed by atoms with E-state index >= 15 is 4.39 Å². The van der Waals surface area contributed by atoms with Crippen molar-refractivity contribution >= 4 is 22.7 Å². The van der Waals surface area contributed by atoms with Crippen molar-refractivity contribution in [1.82, 2.24) is 4.98 Å². The summed E-state index contributed by atoms with van der Waals surface area (Å²) in [6.07, 6.45) is 3.06. The van der Waals surface area contributed by atoms with Gasteiger partial charge in [0.05, 0.1) is 25.0 Å². The summed E-state index contributed by atoms with van der Waals surface area (Å²) in [5.74, 6) is -0.612. The molecule has 2 aromatic carbocycles. The molecule has 35 heavy (non-hydrogen) atoms. The predicted molar refractivity (Wildman–Crippen MR) is 128 cm³/mol. The van der Waals surface area contributed by atoms with E-state index in [9.17, 15) is 9.59 Å². The fourth-order valence-corrected chi connectivity index (χ4v) is 3.85. The number of halogens is 1. The lowest BCUT2D eigenvalue weighted by atomic mass is 10.00. The van der Waals surface area contributed by atoms with Gasteiger partial charge in [-0.1, -0.05) is 12.1 Å². The van der Waals surface area contributed by atoms with Crippen LogP contribution < -0.4 is 10.5 Å². The van der Waals surface area contributed by atoms with Gasteiger partial charge < -0.3 is 19.6 Å². The summed E-state index contributed by atoms with van der Waals surface area (Å²) >= 11 is 0. The number of esters is 1. The Morgan fingerprint density at radius 1 is 1.11 bits per heavy atom. The van der Waals surface area contributed by atoms with E-state index in [1.165, 1.54) is 19.4 Å². The Labute approximate surface area is 201 Å². The SMILES string of the molecule is CCOC(=O)Cc1ccc(C(C)=O)cc1OCc1cc(-c2ccnc(CN)c2F)c2occc2c1. The molecular weight excluding hydrogens is 451 g/mol. The summed E-state index contributed by atoms with van der Waals surface area (Å²) in [4.78, 5) is 28.0. The third-order valence-corrected chi connectivity index (χ3v) is 5.56. The third-order valence-electron chi connectivity index (χ3n) is 5.56. The maximum absolute atomic E-state index is 15.0. The van der Waals surface area contributed by atoms with E-state index in [4.69, 9.17) is 19.6 Å². The van der Waals surface area contributed by atoms with E-state index in [2.05, 4.69) is 4.98 Å². The molecule has 0 saturated carbocycles. The predicted octanol–water partition coefficient (Wildman–Crippen LogP) is 4.98. The number of furan rings is 1. The molecule has 0 radical (unpaired) electrons. The van der Waals surface area contributed by atoms with Gasteiger partial charge in [-0.2, -0.15) is 0 Å². The van der Waals surface area contributed by atoms with Gasteiger partial charge in [-0.15, -0.1) is 0 Å². The maximum atomic E-state index is 15.0. The number of carbonyl (C=O) groups is 2. The fraction of sp³-hybridized carbons (Fsp3) is 0.222. The molecule has 180 valence electrons. The lowest BCUT2D eigenvalue weighted by molar-refractivity contribution is -0.142. The number of nitrogens with two attached hydrogens (primary N) is 1. The largest absolute Gasteiger partial charge is 0.489 e. The Morgan fingerprint density at radius 2 is 1.94 bits per heavy atom. The highest BCUT2D eigenvalue weighted by atomic mass is 19.1. The van der Waals surface area contributed by atoms with Gasteiger partial charge in [-0.25, -0.2) is 4.39 Å². The number of ketones is 1. The summed E-state index contributed by atoms with van der Waals surface area (Å²) in [7, 11) is 0. The zero-order chi connectivity index (χ0) is 24.9. The van der Waals surface area contributed by atoms with Crippen LogP contribution in [0, 0.1) is 5.82 Å². The number of Topliss-reactive ketones (excluding diaryl/α,β-unsaturated/α-hetero) is 1. The highest BCUT2D eigenvalue weighted by Crippen LogP contribution is 2.34. The van der Waals surface area contributed by atoms with Crippen LogP contribution in [0.1, 0.15) is 41.0 Å². The second-order valence-corrected chi connectivity index (χ2v) is 7.95. The molecule has 0 unspecified atom stereocenters. The van der Waals surface area contributed by atoms with E-state index in [0.717, 1.165) is 10.9 Å². The molecule has 4 rings (SSSR count). The summed E-state index contributed by atoms with van der Waals surface area (Å²) in [6.45, 7) is 3.55. The van der Waals surface area contributed by atoms with E-state index in [1.54, 1.807) is 43.3 Å². The molecule has 0 saturated heterocycles. The summed E-state index contributed by atoms with van der Waals surface area (Å²) in [6, 6.07) is 12.0. The monoisotopic (exact) mass is 476 g/mol. The molecule has 0 atom stereocenters. The minimum atomic E-state index is -0.503. The molecule has 2 heterocycles. The number of aromatic nitrogens is 1. The molecule has 0 fully saturated rings. The van der Waals surface area contributed by atoms with Crippen molar-refractivity contribution in [3.63, 3.8) is 0 Å². The molecule has 2 aromatic heterocycles. The Kier molecular flexibility index (Phi) is 7.22. The van der Waals surface area contributed by atoms with Crippen molar-refractivity contribution < 1.29 is 27.9 Å². The minimum absolute atomic E-state index is 0.0114. The number of benzene rings is 2. The number of carbonyl (C=O) groups excluding carboxylic acids is 2. The number of pyridine rings is 1. The molecule has 0 aliphatic heterocycles. The molecule has 8 heteroatoms. The van der Waals surface area contributed by atoms with Crippen molar-refractivity contribution in [1.29, 1.82) is 0 Å². The first-order valence-corrected chi connectivity index (χ1v) is 11.2. The highest BCUT2D eigenvalue weighted by molar-refractivity contribution is 5.95. The van der Waals surface area contributed by atoms with Crippen LogP contribution in [-0.2, 0) is 29.1 Å². The fourth-order valence-electron chi connectivity index (χ4n) is 3.85. The average molecular weight is 477 g/mol. The smallest absolute Gasteiger partial charge is 0.310 e. The van der Waals surface area contributed by atoms with Crippen LogP contribution >= 0.6 is 0 Å². The van der Waals surface area contributed by atoms with Gasteiger partial charge in [-0.05, 0) is 49.7 Å². The first kappa shape index (κ1) is 24.1. The lowest BCUT2D eigenvalue weighted by Gasteiger charge is -2.14. The van der Waals surface area contributed by atoms with Crippen molar-refractivity contribution in [3.05, 3.63) is 83.1 Å². The van der Waals surface area contributed by atoms with Gasteiger partial charge in [0, 0.05) is 40.4 Å². The molecule has 0 aliphatic carbocycles. The van der Waals surface area contributed by atoms with Gasteiger partial charge in [0.15, 0.2) is 11.6 Å². The molecule has 0 bridgehead atoms. The minimum Gasteiger partial charge on any atom is -0.489 e. The lowest BCUT2D eigenvalue weighted by Crippen LogP contribution is -2.10. The first-order chi connectivity index (χ1) is 16.9. The van der Waals surface area contributed by atoms with E-state index < -0.39 is 5.82 Å². The zero-order valence-electron chi connectivity index (χ0n) is 19.5. The van der Waals surface area contributed by atoms with Crippen LogP contribution in [0.5, 0.6) is 5.75 Å². The van der Waals surface area contributed by atoms with Crippen LogP contribution in [0.25, 0.3) is 22.1 Å². The number of hydrogen-bond donors (Lipinski definition) is 1. The Balaban J connectivity index is 1.69. The van der Waals surface area contributed by atoms with Crippen LogP contribution in [0.2, 0.25) is 0 Å². The molecule has 0 amide bonds. The van der Waals surface area contributed by atoms with Crippen LogP contribution in [0.3, 0.4) is 0 Å².